The molecule has 0 spiro atoms. The number of nitrogens with zero attached hydrogens (tertiary/aromatic N) is 2. The van der Waals surface area contributed by atoms with Gasteiger partial charge >= 0.3 is 0 Å². The van der Waals surface area contributed by atoms with Crippen LogP contribution in [0.2, 0.25) is 0 Å². The van der Waals surface area contributed by atoms with Crippen LogP contribution in [0.3, 0.4) is 0 Å². The first-order valence-corrected chi connectivity index (χ1v) is 8.95. The molecule has 0 fully saturated rings. The van der Waals surface area contributed by atoms with Crippen LogP contribution in [0.4, 0.5) is 0 Å². The molecule has 0 aliphatic carbocycles. The van der Waals surface area contributed by atoms with Crippen LogP contribution in [-0.2, 0) is 17.8 Å². The summed E-state index contributed by atoms with van der Waals surface area (Å²) in [5, 5.41) is 3.97. The second-order valence-electron chi connectivity index (χ2n) is 6.92. The smallest absolute Gasteiger partial charge is 0.227 e. The van der Waals surface area contributed by atoms with Crippen LogP contribution in [0.1, 0.15) is 39.6 Å². The van der Waals surface area contributed by atoms with Gasteiger partial charge in [-0.25, -0.2) is 0 Å². The summed E-state index contributed by atoms with van der Waals surface area (Å²) in [4.78, 5) is 15.0. The Morgan fingerprint density at radius 2 is 1.85 bits per heavy atom. The Balaban J connectivity index is 1.64. The Hall–Kier alpha value is -2.88. The standard InChI is InChI=1S/C22H22N2O2/c1-15-20(16(2)26-23-15)12-22(25)24-13-18-10-6-7-11-19(18)21(14-24)17-8-4-3-5-9-17/h3-11,21H,12-14H2,1-2H3/t21-/m1/s1. The summed E-state index contributed by atoms with van der Waals surface area (Å²) in [6, 6.07) is 18.9. The van der Waals surface area contributed by atoms with Gasteiger partial charge in [0.2, 0.25) is 5.91 Å². The number of aryl methyl sites for hydroxylation is 2. The largest absolute Gasteiger partial charge is 0.361 e. The second-order valence-corrected chi connectivity index (χ2v) is 6.92. The van der Waals surface area contributed by atoms with Gasteiger partial charge in [-0.2, -0.15) is 0 Å². The first-order valence-electron chi connectivity index (χ1n) is 8.95. The SMILES string of the molecule is Cc1noc(C)c1CC(=O)N1Cc2ccccc2[C@@H](c2ccccc2)C1. The minimum Gasteiger partial charge on any atom is -0.361 e. The molecule has 1 aromatic heterocycles. The average molecular weight is 346 g/mol. The first kappa shape index (κ1) is 16.6. The highest BCUT2D eigenvalue weighted by molar-refractivity contribution is 5.79. The minimum absolute atomic E-state index is 0.120. The molecular formula is C22H22N2O2. The number of amides is 1. The third-order valence-electron chi connectivity index (χ3n) is 5.26. The summed E-state index contributed by atoms with van der Waals surface area (Å²) in [7, 11) is 0. The van der Waals surface area contributed by atoms with Gasteiger partial charge in [0.1, 0.15) is 5.76 Å². The van der Waals surface area contributed by atoms with Crippen molar-refractivity contribution in [3.8, 4) is 0 Å². The topological polar surface area (TPSA) is 46.3 Å². The van der Waals surface area contributed by atoms with Gasteiger partial charge in [-0.15, -0.1) is 0 Å². The molecule has 4 rings (SSSR count). The van der Waals surface area contributed by atoms with E-state index in [9.17, 15) is 4.79 Å². The van der Waals surface area contributed by atoms with Crippen LogP contribution in [0.25, 0.3) is 0 Å². The van der Waals surface area contributed by atoms with Gasteiger partial charge in [-0.05, 0) is 30.5 Å². The Morgan fingerprint density at radius 3 is 2.58 bits per heavy atom. The van der Waals surface area contributed by atoms with E-state index in [2.05, 4.69) is 47.6 Å². The molecule has 1 aliphatic heterocycles. The van der Waals surface area contributed by atoms with Crippen LogP contribution in [-0.4, -0.2) is 22.5 Å². The van der Waals surface area contributed by atoms with Crippen molar-refractivity contribution in [2.45, 2.75) is 32.7 Å². The fourth-order valence-electron chi connectivity index (χ4n) is 3.78. The van der Waals surface area contributed by atoms with Crippen LogP contribution in [0, 0.1) is 13.8 Å². The molecule has 2 heterocycles. The van der Waals surface area contributed by atoms with E-state index in [4.69, 9.17) is 4.52 Å². The summed E-state index contributed by atoms with van der Waals surface area (Å²) in [6.45, 7) is 5.10. The van der Waals surface area contributed by atoms with E-state index in [-0.39, 0.29) is 11.8 Å². The quantitative estimate of drug-likeness (QED) is 0.720. The molecule has 3 aromatic rings. The lowest BCUT2D eigenvalue weighted by Gasteiger charge is -2.35. The third-order valence-corrected chi connectivity index (χ3v) is 5.26. The number of fused-ring (bicyclic) bond motifs is 1. The molecule has 0 N–H and O–H groups in total. The molecule has 4 heteroatoms. The molecule has 4 nitrogen and oxygen atoms in total. The Morgan fingerprint density at radius 1 is 1.12 bits per heavy atom. The van der Waals surface area contributed by atoms with Crippen molar-refractivity contribution in [1.29, 1.82) is 0 Å². The number of rotatable bonds is 3. The summed E-state index contributed by atoms with van der Waals surface area (Å²) < 4.78 is 5.21. The van der Waals surface area contributed by atoms with Crippen molar-refractivity contribution in [1.82, 2.24) is 10.1 Å². The molecule has 0 saturated heterocycles. The van der Waals surface area contributed by atoms with Gasteiger partial charge in [-0.1, -0.05) is 59.8 Å². The highest BCUT2D eigenvalue weighted by Crippen LogP contribution is 2.33. The third kappa shape index (κ3) is 3.03. The predicted molar refractivity (Wildman–Crippen MR) is 99.8 cm³/mol. The highest BCUT2D eigenvalue weighted by atomic mass is 16.5. The van der Waals surface area contributed by atoms with E-state index in [1.807, 2.05) is 30.9 Å². The molecule has 1 amide bonds. The van der Waals surface area contributed by atoms with Crippen LogP contribution >= 0.6 is 0 Å². The van der Waals surface area contributed by atoms with Crippen molar-refractivity contribution >= 4 is 5.91 Å². The zero-order valence-corrected chi connectivity index (χ0v) is 15.1. The zero-order valence-electron chi connectivity index (χ0n) is 15.1. The lowest BCUT2D eigenvalue weighted by Crippen LogP contribution is -2.39. The van der Waals surface area contributed by atoms with Crippen molar-refractivity contribution in [3.05, 3.63) is 88.3 Å². The summed E-state index contributed by atoms with van der Waals surface area (Å²) in [5.74, 6) is 1.05. The van der Waals surface area contributed by atoms with Crippen LogP contribution < -0.4 is 0 Å². The van der Waals surface area contributed by atoms with E-state index in [1.54, 1.807) is 0 Å². The van der Waals surface area contributed by atoms with Gasteiger partial charge in [0.05, 0.1) is 12.1 Å². The second kappa shape index (κ2) is 6.79. The van der Waals surface area contributed by atoms with Crippen LogP contribution in [0.5, 0.6) is 0 Å². The molecule has 0 radical (unpaired) electrons. The molecule has 26 heavy (non-hydrogen) atoms. The molecule has 1 atom stereocenters. The predicted octanol–water partition coefficient (Wildman–Crippen LogP) is 4.01. The van der Waals surface area contributed by atoms with Gasteiger partial charge < -0.3 is 9.42 Å². The fourth-order valence-corrected chi connectivity index (χ4v) is 3.78. The summed E-state index contributed by atoms with van der Waals surface area (Å²) >= 11 is 0. The van der Waals surface area contributed by atoms with E-state index >= 15 is 0 Å². The molecule has 0 saturated carbocycles. The molecule has 0 bridgehead atoms. The zero-order chi connectivity index (χ0) is 18.1. The van der Waals surface area contributed by atoms with Gasteiger partial charge in [-0.3, -0.25) is 4.79 Å². The molecule has 0 unspecified atom stereocenters. The van der Waals surface area contributed by atoms with Crippen molar-refractivity contribution in [2.75, 3.05) is 6.54 Å². The number of carbonyl (C=O) groups is 1. The number of carbonyl (C=O) groups excluding carboxylic acids is 1. The van der Waals surface area contributed by atoms with Gasteiger partial charge in [0, 0.05) is 24.6 Å². The maximum Gasteiger partial charge on any atom is 0.227 e. The number of aromatic nitrogens is 1. The Labute approximate surface area is 153 Å². The monoisotopic (exact) mass is 346 g/mol. The first-order chi connectivity index (χ1) is 12.6. The van der Waals surface area contributed by atoms with Crippen molar-refractivity contribution < 1.29 is 9.32 Å². The number of hydrogen-bond donors (Lipinski definition) is 0. The van der Waals surface area contributed by atoms with Crippen LogP contribution in [0.15, 0.2) is 59.1 Å². The molecule has 132 valence electrons. The summed E-state index contributed by atoms with van der Waals surface area (Å²) in [6.07, 6.45) is 0.338. The molecule has 2 aromatic carbocycles. The maximum absolute atomic E-state index is 13.0. The lowest BCUT2D eigenvalue weighted by atomic mass is 9.84. The Kier molecular flexibility index (Phi) is 4.33. The maximum atomic E-state index is 13.0. The number of hydrogen-bond acceptors (Lipinski definition) is 3. The molecule has 1 aliphatic rings. The fraction of sp³-hybridized carbons (Fsp3) is 0.273. The van der Waals surface area contributed by atoms with Gasteiger partial charge in [0.15, 0.2) is 0 Å². The Bertz CT molecular complexity index is 911. The minimum atomic E-state index is 0.120. The van der Waals surface area contributed by atoms with E-state index in [0.717, 1.165) is 17.0 Å². The van der Waals surface area contributed by atoms with Gasteiger partial charge in [0.25, 0.3) is 0 Å². The van der Waals surface area contributed by atoms with Crippen molar-refractivity contribution in [3.63, 3.8) is 0 Å². The normalized spacial score (nSPS) is 16.4. The lowest BCUT2D eigenvalue weighted by molar-refractivity contribution is -0.131. The van der Waals surface area contributed by atoms with E-state index < -0.39 is 0 Å². The number of benzene rings is 2. The van der Waals surface area contributed by atoms with E-state index in [0.29, 0.717) is 19.5 Å². The highest BCUT2D eigenvalue weighted by Gasteiger charge is 2.29. The summed E-state index contributed by atoms with van der Waals surface area (Å²) in [5.41, 5.74) is 5.49. The van der Waals surface area contributed by atoms with E-state index in [1.165, 1.54) is 16.7 Å². The average Bonchev–Trinajstić information content (AvgIpc) is 2.99. The molecular weight excluding hydrogens is 324 g/mol. The van der Waals surface area contributed by atoms with Crippen molar-refractivity contribution in [2.24, 2.45) is 0 Å².